The lowest BCUT2D eigenvalue weighted by Crippen LogP contribution is -2.22. The second-order valence-corrected chi connectivity index (χ2v) is 4.82. The second kappa shape index (κ2) is 6.08. The van der Waals surface area contributed by atoms with Crippen LogP contribution in [0.2, 0.25) is 0 Å². The average molecular weight is 301 g/mol. The Morgan fingerprint density at radius 2 is 1.61 bits per heavy atom. The maximum atomic E-state index is 12.7. The SMILES string of the molecule is N#Cc1[nH]nc(-c2ccccc2)c(=O)c1C(=O)c1ccccc1. The molecule has 1 aromatic heterocycles. The van der Waals surface area contributed by atoms with Gasteiger partial charge in [0.05, 0.1) is 0 Å². The fraction of sp³-hybridized carbons (Fsp3) is 0. The van der Waals surface area contributed by atoms with Gasteiger partial charge in [-0.1, -0.05) is 60.7 Å². The van der Waals surface area contributed by atoms with Crippen LogP contribution in [0.5, 0.6) is 0 Å². The molecule has 0 bridgehead atoms. The summed E-state index contributed by atoms with van der Waals surface area (Å²) < 4.78 is 0. The Kier molecular flexibility index (Phi) is 3.81. The molecule has 0 radical (unpaired) electrons. The predicted molar refractivity (Wildman–Crippen MR) is 84.9 cm³/mol. The zero-order chi connectivity index (χ0) is 16.2. The molecule has 5 heteroatoms. The topological polar surface area (TPSA) is 86.6 Å². The van der Waals surface area contributed by atoms with Crippen molar-refractivity contribution in [2.24, 2.45) is 0 Å². The van der Waals surface area contributed by atoms with Crippen LogP contribution in [0.25, 0.3) is 11.3 Å². The molecule has 110 valence electrons. The van der Waals surface area contributed by atoms with Crippen molar-refractivity contribution in [3.63, 3.8) is 0 Å². The van der Waals surface area contributed by atoms with Crippen molar-refractivity contribution in [3.8, 4) is 17.3 Å². The van der Waals surface area contributed by atoms with Crippen LogP contribution in [-0.2, 0) is 0 Å². The highest BCUT2D eigenvalue weighted by Crippen LogP contribution is 2.15. The van der Waals surface area contributed by atoms with Gasteiger partial charge in [-0.3, -0.25) is 14.7 Å². The molecule has 0 fully saturated rings. The minimum atomic E-state index is -0.555. The van der Waals surface area contributed by atoms with Crippen molar-refractivity contribution >= 4 is 5.78 Å². The molecule has 0 amide bonds. The van der Waals surface area contributed by atoms with Crippen molar-refractivity contribution < 1.29 is 4.79 Å². The van der Waals surface area contributed by atoms with Gasteiger partial charge in [-0.2, -0.15) is 10.4 Å². The van der Waals surface area contributed by atoms with Crippen molar-refractivity contribution in [2.45, 2.75) is 0 Å². The van der Waals surface area contributed by atoms with E-state index in [9.17, 15) is 14.9 Å². The van der Waals surface area contributed by atoms with Gasteiger partial charge in [-0.15, -0.1) is 0 Å². The van der Waals surface area contributed by atoms with Gasteiger partial charge in [0.25, 0.3) is 0 Å². The van der Waals surface area contributed by atoms with Crippen LogP contribution in [-0.4, -0.2) is 16.0 Å². The number of ketones is 1. The molecule has 3 aromatic rings. The van der Waals surface area contributed by atoms with E-state index >= 15 is 0 Å². The first kappa shape index (κ1) is 14.4. The molecule has 0 saturated carbocycles. The number of H-pyrrole nitrogens is 1. The monoisotopic (exact) mass is 301 g/mol. The summed E-state index contributed by atoms with van der Waals surface area (Å²) in [6.45, 7) is 0. The summed E-state index contributed by atoms with van der Waals surface area (Å²) in [6.07, 6.45) is 0. The fourth-order valence-electron chi connectivity index (χ4n) is 2.27. The smallest absolute Gasteiger partial charge is 0.220 e. The minimum Gasteiger partial charge on any atom is -0.288 e. The molecule has 0 aliphatic heterocycles. The van der Waals surface area contributed by atoms with Gasteiger partial charge >= 0.3 is 0 Å². The van der Waals surface area contributed by atoms with Crippen LogP contribution in [0.3, 0.4) is 0 Å². The second-order valence-electron chi connectivity index (χ2n) is 4.82. The summed E-state index contributed by atoms with van der Waals surface area (Å²) in [4.78, 5) is 25.3. The third-order valence-electron chi connectivity index (χ3n) is 3.39. The first-order chi connectivity index (χ1) is 11.2. The van der Waals surface area contributed by atoms with E-state index in [4.69, 9.17) is 0 Å². The van der Waals surface area contributed by atoms with E-state index in [1.807, 2.05) is 12.1 Å². The van der Waals surface area contributed by atoms with Crippen LogP contribution < -0.4 is 5.43 Å². The molecular weight excluding hydrogens is 290 g/mol. The molecule has 5 nitrogen and oxygen atoms in total. The molecule has 0 unspecified atom stereocenters. The number of hydrogen-bond acceptors (Lipinski definition) is 4. The van der Waals surface area contributed by atoms with E-state index in [0.29, 0.717) is 11.1 Å². The largest absolute Gasteiger partial charge is 0.288 e. The number of nitrogens with zero attached hydrogens (tertiary/aromatic N) is 2. The highest BCUT2D eigenvalue weighted by molar-refractivity contribution is 6.10. The van der Waals surface area contributed by atoms with Crippen molar-refractivity contribution in [1.29, 1.82) is 5.26 Å². The lowest BCUT2D eigenvalue weighted by molar-refractivity contribution is 0.103. The van der Waals surface area contributed by atoms with Crippen LogP contribution in [0.1, 0.15) is 21.6 Å². The Morgan fingerprint density at radius 3 is 2.22 bits per heavy atom. The molecule has 0 saturated heterocycles. The average Bonchev–Trinajstić information content (AvgIpc) is 2.62. The lowest BCUT2D eigenvalue weighted by Gasteiger charge is -2.05. The van der Waals surface area contributed by atoms with Crippen LogP contribution in [0, 0.1) is 11.3 Å². The summed E-state index contributed by atoms with van der Waals surface area (Å²) >= 11 is 0. The number of nitriles is 1. The van der Waals surface area contributed by atoms with E-state index in [1.165, 1.54) is 0 Å². The predicted octanol–water partition coefficient (Wildman–Crippen LogP) is 2.54. The van der Waals surface area contributed by atoms with Crippen LogP contribution in [0.4, 0.5) is 0 Å². The van der Waals surface area contributed by atoms with E-state index in [0.717, 1.165) is 0 Å². The lowest BCUT2D eigenvalue weighted by atomic mass is 10.00. The number of carbonyl (C=O) groups excluding carboxylic acids is 1. The number of benzene rings is 2. The molecule has 1 N–H and O–H groups in total. The molecule has 1 heterocycles. The number of aromatic amines is 1. The number of aromatic nitrogens is 2. The minimum absolute atomic E-state index is 0.115. The van der Waals surface area contributed by atoms with Gasteiger partial charge in [0.2, 0.25) is 5.43 Å². The summed E-state index contributed by atoms with van der Waals surface area (Å²) in [5.74, 6) is -0.497. The summed E-state index contributed by atoms with van der Waals surface area (Å²) in [5, 5.41) is 15.6. The molecule has 23 heavy (non-hydrogen) atoms. The zero-order valence-electron chi connectivity index (χ0n) is 12.0. The number of hydrogen-bond donors (Lipinski definition) is 1. The van der Waals surface area contributed by atoms with Gasteiger partial charge in [0, 0.05) is 11.1 Å². The summed E-state index contributed by atoms with van der Waals surface area (Å²) in [6, 6.07) is 19.0. The summed E-state index contributed by atoms with van der Waals surface area (Å²) in [5.41, 5.74) is 0.167. The Morgan fingerprint density at radius 1 is 1.00 bits per heavy atom. The molecule has 0 spiro atoms. The molecular formula is C18H11N3O2. The third-order valence-corrected chi connectivity index (χ3v) is 3.39. The molecule has 0 aliphatic rings. The Hall–Kier alpha value is -3.52. The van der Waals surface area contributed by atoms with E-state index in [2.05, 4.69) is 10.2 Å². The Balaban J connectivity index is 2.22. The fourth-order valence-corrected chi connectivity index (χ4v) is 2.27. The normalized spacial score (nSPS) is 10.0. The number of nitrogens with one attached hydrogen (secondary N) is 1. The van der Waals surface area contributed by atoms with E-state index in [-0.39, 0.29) is 17.0 Å². The molecule has 2 aromatic carbocycles. The zero-order valence-corrected chi connectivity index (χ0v) is 12.0. The highest BCUT2D eigenvalue weighted by Gasteiger charge is 2.21. The third kappa shape index (κ3) is 2.65. The Bertz CT molecular complexity index is 955. The molecule has 3 rings (SSSR count). The maximum absolute atomic E-state index is 12.7. The number of rotatable bonds is 3. The quantitative estimate of drug-likeness (QED) is 0.753. The van der Waals surface area contributed by atoms with Crippen LogP contribution in [0.15, 0.2) is 65.5 Å². The summed E-state index contributed by atoms with van der Waals surface area (Å²) in [7, 11) is 0. The Labute approximate surface area is 131 Å². The number of carbonyl (C=O) groups is 1. The van der Waals surface area contributed by atoms with Gasteiger partial charge in [-0.05, 0) is 0 Å². The van der Waals surface area contributed by atoms with Gasteiger partial charge in [0.15, 0.2) is 5.78 Å². The molecule has 0 aliphatic carbocycles. The van der Waals surface area contributed by atoms with Gasteiger partial charge < -0.3 is 0 Å². The highest BCUT2D eigenvalue weighted by atomic mass is 16.1. The first-order valence-corrected chi connectivity index (χ1v) is 6.90. The van der Waals surface area contributed by atoms with Crippen molar-refractivity contribution in [2.75, 3.05) is 0 Å². The molecule has 0 atom stereocenters. The first-order valence-electron chi connectivity index (χ1n) is 6.90. The van der Waals surface area contributed by atoms with Gasteiger partial charge in [0.1, 0.15) is 23.0 Å². The van der Waals surface area contributed by atoms with E-state index < -0.39 is 11.2 Å². The van der Waals surface area contributed by atoms with Crippen molar-refractivity contribution in [1.82, 2.24) is 10.2 Å². The van der Waals surface area contributed by atoms with Gasteiger partial charge in [-0.25, -0.2) is 0 Å². The van der Waals surface area contributed by atoms with E-state index in [1.54, 1.807) is 54.6 Å². The maximum Gasteiger partial charge on any atom is 0.220 e. The standard InChI is InChI=1S/C18H11N3O2/c19-11-14-15(17(22)13-9-5-2-6-10-13)18(23)16(21-20-14)12-7-3-1-4-8-12/h1-10H,(H,20,23). The van der Waals surface area contributed by atoms with Crippen LogP contribution >= 0.6 is 0 Å². The van der Waals surface area contributed by atoms with Crippen molar-refractivity contribution in [3.05, 3.63) is 87.7 Å².